The van der Waals surface area contributed by atoms with Crippen LogP contribution in [-0.4, -0.2) is 66.7 Å². The molecule has 4 atom stereocenters. The number of halogens is 2. The molecule has 1 amide bonds. The fourth-order valence-electron chi connectivity index (χ4n) is 4.84. The van der Waals surface area contributed by atoms with Crippen LogP contribution < -0.4 is 5.73 Å². The van der Waals surface area contributed by atoms with Gasteiger partial charge in [-0.1, -0.05) is 6.42 Å². The molecule has 1 saturated carbocycles. The molecule has 0 aromatic carbocycles. The summed E-state index contributed by atoms with van der Waals surface area (Å²) in [5.41, 5.74) is 6.05. The van der Waals surface area contributed by atoms with Crippen molar-refractivity contribution < 1.29 is 9.53 Å². The molecule has 4 unspecified atom stereocenters. The first-order valence-electron chi connectivity index (χ1n) is 9.93. The predicted molar refractivity (Wildman–Crippen MR) is 110 cm³/mol. The highest BCUT2D eigenvalue weighted by atomic mass is 35.5. The largest absolute Gasteiger partial charge is 0.373 e. The van der Waals surface area contributed by atoms with E-state index in [-0.39, 0.29) is 36.8 Å². The Labute approximate surface area is 171 Å². The highest BCUT2D eigenvalue weighted by Crippen LogP contribution is 2.27. The number of nitrogens with two attached hydrogens (primary N) is 1. The van der Waals surface area contributed by atoms with Crippen LogP contribution in [0.4, 0.5) is 0 Å². The van der Waals surface area contributed by atoms with Gasteiger partial charge in [0.1, 0.15) is 0 Å². The number of carbonyl (C=O) groups excluding carboxylic acids is 1. The third-order valence-corrected chi connectivity index (χ3v) is 6.00. The van der Waals surface area contributed by atoms with Crippen LogP contribution in [0.15, 0.2) is 0 Å². The van der Waals surface area contributed by atoms with E-state index in [0.717, 1.165) is 77.2 Å². The minimum absolute atomic E-state index is 0. The molecule has 0 radical (unpaired) electrons. The Bertz CT molecular complexity index is 423. The highest BCUT2D eigenvalue weighted by molar-refractivity contribution is 5.85. The van der Waals surface area contributed by atoms with E-state index in [4.69, 9.17) is 10.5 Å². The zero-order valence-electron chi connectivity index (χ0n) is 16.3. The summed E-state index contributed by atoms with van der Waals surface area (Å²) in [5.74, 6) is 1.28. The minimum atomic E-state index is 0. The van der Waals surface area contributed by atoms with Crippen molar-refractivity contribution in [3.8, 4) is 0 Å². The van der Waals surface area contributed by atoms with Crippen molar-refractivity contribution in [2.24, 2.45) is 17.6 Å². The number of nitrogens with zero attached hydrogens (tertiary/aromatic N) is 2. The van der Waals surface area contributed by atoms with Crippen molar-refractivity contribution in [1.82, 2.24) is 9.80 Å². The molecule has 154 valence electrons. The van der Waals surface area contributed by atoms with Crippen LogP contribution in [0.25, 0.3) is 0 Å². The number of amides is 1. The monoisotopic (exact) mass is 409 g/mol. The van der Waals surface area contributed by atoms with Crippen LogP contribution in [0, 0.1) is 11.8 Å². The average molecular weight is 410 g/mol. The first kappa shape index (κ1) is 24.0. The summed E-state index contributed by atoms with van der Waals surface area (Å²) < 4.78 is 5.83. The van der Waals surface area contributed by atoms with E-state index in [9.17, 15) is 4.79 Å². The topological polar surface area (TPSA) is 58.8 Å². The maximum atomic E-state index is 12.7. The lowest BCUT2D eigenvalue weighted by atomic mass is 9.84. The molecule has 0 spiro atoms. The van der Waals surface area contributed by atoms with Crippen molar-refractivity contribution >= 4 is 30.7 Å². The molecule has 3 fully saturated rings. The normalized spacial score (nSPS) is 33.9. The lowest BCUT2D eigenvalue weighted by molar-refractivity contribution is -0.138. The number of piperidine rings is 1. The Morgan fingerprint density at radius 1 is 1.04 bits per heavy atom. The van der Waals surface area contributed by atoms with E-state index in [1.165, 1.54) is 0 Å². The van der Waals surface area contributed by atoms with Gasteiger partial charge in [-0.05, 0) is 51.9 Å². The number of likely N-dealkylation sites (tertiary alicyclic amines) is 1. The van der Waals surface area contributed by atoms with Gasteiger partial charge >= 0.3 is 0 Å². The Hall–Kier alpha value is -0.0700. The summed E-state index contributed by atoms with van der Waals surface area (Å²) in [4.78, 5) is 17.4. The predicted octanol–water partition coefficient (Wildman–Crippen LogP) is 2.70. The first-order chi connectivity index (χ1) is 11.5. The molecule has 0 aromatic heterocycles. The number of ether oxygens (including phenoxy) is 1. The first-order valence-corrected chi connectivity index (χ1v) is 9.93. The zero-order chi connectivity index (χ0) is 17.1. The van der Waals surface area contributed by atoms with Gasteiger partial charge in [-0.2, -0.15) is 0 Å². The van der Waals surface area contributed by atoms with E-state index >= 15 is 0 Å². The lowest BCUT2D eigenvalue weighted by Gasteiger charge is -2.40. The van der Waals surface area contributed by atoms with Gasteiger partial charge in [0.05, 0.1) is 12.2 Å². The van der Waals surface area contributed by atoms with Gasteiger partial charge in [0.15, 0.2) is 0 Å². The molecule has 2 N–H and O–H groups in total. The van der Waals surface area contributed by atoms with Gasteiger partial charge in [-0.3, -0.25) is 9.69 Å². The molecule has 0 aromatic rings. The quantitative estimate of drug-likeness (QED) is 0.777. The zero-order valence-corrected chi connectivity index (χ0v) is 17.9. The molecule has 2 aliphatic heterocycles. The van der Waals surface area contributed by atoms with Crippen LogP contribution in [-0.2, 0) is 9.53 Å². The van der Waals surface area contributed by atoms with Gasteiger partial charge in [0.2, 0.25) is 5.91 Å². The molecule has 1 aliphatic carbocycles. The molecule has 2 saturated heterocycles. The second-order valence-electron chi connectivity index (χ2n) is 8.37. The van der Waals surface area contributed by atoms with Gasteiger partial charge in [0, 0.05) is 44.7 Å². The van der Waals surface area contributed by atoms with Crippen molar-refractivity contribution in [3.05, 3.63) is 0 Å². The maximum Gasteiger partial charge on any atom is 0.225 e. The Kier molecular flexibility index (Phi) is 10.2. The minimum Gasteiger partial charge on any atom is -0.373 e. The molecule has 3 aliphatic rings. The molecule has 3 rings (SSSR count). The number of carbonyl (C=O) groups is 1. The van der Waals surface area contributed by atoms with E-state index in [1.54, 1.807) is 0 Å². The molecule has 2 heterocycles. The Morgan fingerprint density at radius 3 is 2.23 bits per heavy atom. The molecule has 7 heteroatoms. The Balaban J connectivity index is 0.00000169. The second kappa shape index (κ2) is 11.1. The lowest BCUT2D eigenvalue weighted by Crippen LogP contribution is -2.49. The fourth-order valence-corrected chi connectivity index (χ4v) is 4.84. The van der Waals surface area contributed by atoms with Crippen molar-refractivity contribution in [2.75, 3.05) is 32.7 Å². The van der Waals surface area contributed by atoms with E-state index < -0.39 is 0 Å². The van der Waals surface area contributed by atoms with Crippen molar-refractivity contribution in [2.45, 2.75) is 70.6 Å². The summed E-state index contributed by atoms with van der Waals surface area (Å²) in [6, 6.07) is 0.232. The van der Waals surface area contributed by atoms with Crippen LogP contribution in [0.1, 0.15) is 52.4 Å². The molecule has 5 nitrogen and oxygen atoms in total. The maximum absolute atomic E-state index is 12.7. The van der Waals surface area contributed by atoms with E-state index in [0.29, 0.717) is 18.1 Å². The van der Waals surface area contributed by atoms with Crippen molar-refractivity contribution in [1.29, 1.82) is 0 Å². The smallest absolute Gasteiger partial charge is 0.225 e. The summed E-state index contributed by atoms with van der Waals surface area (Å²) in [5, 5.41) is 0. The third kappa shape index (κ3) is 6.52. The summed E-state index contributed by atoms with van der Waals surface area (Å²) in [6.07, 6.45) is 7.09. The summed E-state index contributed by atoms with van der Waals surface area (Å²) in [7, 11) is 0. The SMILES string of the molecule is CC1CN(CC2CCN(C(=O)C3CCCC(N)C3)CC2)CC(C)O1.Cl.Cl. The summed E-state index contributed by atoms with van der Waals surface area (Å²) in [6.45, 7) is 9.45. The van der Waals surface area contributed by atoms with Gasteiger partial charge in [-0.15, -0.1) is 24.8 Å². The van der Waals surface area contributed by atoms with E-state index in [2.05, 4.69) is 23.6 Å². The number of morpholine rings is 1. The fraction of sp³-hybridized carbons (Fsp3) is 0.947. The van der Waals surface area contributed by atoms with Crippen LogP contribution >= 0.6 is 24.8 Å². The molecule has 0 bridgehead atoms. The van der Waals surface area contributed by atoms with Gasteiger partial charge < -0.3 is 15.4 Å². The molecule has 26 heavy (non-hydrogen) atoms. The molecular weight excluding hydrogens is 373 g/mol. The van der Waals surface area contributed by atoms with Crippen LogP contribution in [0.5, 0.6) is 0 Å². The van der Waals surface area contributed by atoms with Gasteiger partial charge in [0.25, 0.3) is 0 Å². The van der Waals surface area contributed by atoms with Gasteiger partial charge in [-0.25, -0.2) is 0 Å². The van der Waals surface area contributed by atoms with Crippen LogP contribution in [0.3, 0.4) is 0 Å². The number of hydrogen-bond donors (Lipinski definition) is 1. The Morgan fingerprint density at radius 2 is 1.65 bits per heavy atom. The number of hydrogen-bond acceptors (Lipinski definition) is 4. The highest BCUT2D eigenvalue weighted by Gasteiger charge is 2.32. The molecular formula is C19H37Cl2N3O2. The number of rotatable bonds is 3. The van der Waals surface area contributed by atoms with E-state index in [1.807, 2.05) is 0 Å². The standard InChI is InChI=1S/C19H35N3O2.2ClH/c1-14-11-21(12-15(2)24-14)13-16-6-8-22(9-7-16)19(23)17-4-3-5-18(20)10-17;;/h14-18H,3-13,20H2,1-2H3;2*1H. The van der Waals surface area contributed by atoms with Crippen molar-refractivity contribution in [3.63, 3.8) is 0 Å². The van der Waals surface area contributed by atoms with Crippen LogP contribution in [0.2, 0.25) is 0 Å². The third-order valence-electron chi connectivity index (χ3n) is 6.00. The second-order valence-corrected chi connectivity index (χ2v) is 8.37. The summed E-state index contributed by atoms with van der Waals surface area (Å²) >= 11 is 0. The average Bonchev–Trinajstić information content (AvgIpc) is 2.54.